The van der Waals surface area contributed by atoms with E-state index in [-0.39, 0.29) is 31.1 Å². The van der Waals surface area contributed by atoms with Crippen molar-refractivity contribution in [3.63, 3.8) is 0 Å². The summed E-state index contributed by atoms with van der Waals surface area (Å²) in [7, 11) is 0. The maximum Gasteiger partial charge on any atom is 0.306 e. The molecule has 0 aromatic rings. The maximum absolute atomic E-state index is 12.8. The fourth-order valence-electron chi connectivity index (χ4n) is 9.00. The zero-order valence-corrected chi connectivity index (χ0v) is 44.8. The molecule has 0 aliphatic rings. The molecule has 0 amide bonds. The minimum atomic E-state index is -0.764. The molecule has 6 nitrogen and oxygen atoms in total. The Kier molecular flexibility index (Phi) is 49.1. The van der Waals surface area contributed by atoms with E-state index >= 15 is 0 Å². The van der Waals surface area contributed by atoms with Crippen LogP contribution in [0.5, 0.6) is 0 Å². The van der Waals surface area contributed by atoms with E-state index in [9.17, 15) is 14.4 Å². The highest BCUT2D eigenvalue weighted by Crippen LogP contribution is 2.18. The molecule has 0 bridgehead atoms. The smallest absolute Gasteiger partial charge is 0.306 e. The normalized spacial score (nSPS) is 12.1. The molecule has 0 fully saturated rings. The first kappa shape index (κ1) is 63.4. The molecule has 0 heterocycles. The molecule has 1 atom stereocenters. The summed E-state index contributed by atoms with van der Waals surface area (Å²) < 4.78 is 16.9. The fourth-order valence-corrected chi connectivity index (χ4v) is 9.00. The van der Waals surface area contributed by atoms with Crippen LogP contribution < -0.4 is 0 Å². The van der Waals surface area contributed by atoms with Gasteiger partial charge in [0.25, 0.3) is 0 Å². The second kappa shape index (κ2) is 50.3. The van der Waals surface area contributed by atoms with Gasteiger partial charge in [0.05, 0.1) is 0 Å². The summed E-state index contributed by atoms with van der Waals surface area (Å²) in [4.78, 5) is 38.1. The first-order chi connectivity index (χ1) is 31.6. The van der Waals surface area contributed by atoms with Crippen molar-refractivity contribution in [1.82, 2.24) is 0 Å². The molecule has 0 aliphatic heterocycles. The number of hydrogen-bond donors (Lipinski definition) is 0. The highest BCUT2D eigenvalue weighted by Gasteiger charge is 2.19. The number of unbranched alkanes of at least 4 members (excludes halogenated alkanes) is 35. The van der Waals surface area contributed by atoms with Crippen molar-refractivity contribution in [3.05, 3.63) is 0 Å². The van der Waals surface area contributed by atoms with Gasteiger partial charge in [0.2, 0.25) is 0 Å². The van der Waals surface area contributed by atoms with Crippen LogP contribution in [0.3, 0.4) is 0 Å². The Labute approximate surface area is 406 Å². The summed E-state index contributed by atoms with van der Waals surface area (Å²) in [5.74, 6) is 1.64. The summed E-state index contributed by atoms with van der Waals surface area (Å²) >= 11 is 0. The lowest BCUT2D eigenvalue weighted by Crippen LogP contribution is -2.30. The molecular weight excluding hydrogens is 805 g/mol. The third-order valence-electron chi connectivity index (χ3n) is 13.4. The van der Waals surface area contributed by atoms with Crippen molar-refractivity contribution in [2.24, 2.45) is 17.8 Å². The zero-order valence-electron chi connectivity index (χ0n) is 44.8. The SMILES string of the molecule is CC(C)CCCCCCCCCCCCCCCCCCC(=O)OC[C@H](COC(=O)CCCCCCCCCC(C)C)OC(=O)CCCCCCCCCCCCCCCCCC(C)C. The lowest BCUT2D eigenvalue weighted by Gasteiger charge is -2.18. The quantitative estimate of drug-likeness (QED) is 0.0344. The lowest BCUT2D eigenvalue weighted by atomic mass is 10.0. The summed E-state index contributed by atoms with van der Waals surface area (Å²) in [5.41, 5.74) is 0. The molecule has 0 N–H and O–H groups in total. The predicted molar refractivity (Wildman–Crippen MR) is 279 cm³/mol. The van der Waals surface area contributed by atoms with Gasteiger partial charge in [0, 0.05) is 19.3 Å². The second-order valence-electron chi connectivity index (χ2n) is 21.7. The van der Waals surface area contributed by atoms with Gasteiger partial charge in [0.1, 0.15) is 13.2 Å². The number of carbonyl (C=O) groups excluding carboxylic acids is 3. The molecule has 0 aliphatic carbocycles. The lowest BCUT2D eigenvalue weighted by molar-refractivity contribution is -0.167. The summed E-state index contributed by atoms with van der Waals surface area (Å²) in [6.07, 6.45) is 52.5. The van der Waals surface area contributed by atoms with Gasteiger partial charge in [-0.05, 0) is 37.0 Å². The van der Waals surface area contributed by atoms with Crippen LogP contribution in [0.4, 0.5) is 0 Å². The number of rotatable bonds is 52. The average molecular weight is 920 g/mol. The van der Waals surface area contributed by atoms with Gasteiger partial charge < -0.3 is 14.2 Å². The predicted octanol–water partition coefficient (Wildman–Crippen LogP) is 19.1. The van der Waals surface area contributed by atoms with E-state index in [2.05, 4.69) is 41.5 Å². The van der Waals surface area contributed by atoms with Crippen LogP contribution in [0, 0.1) is 17.8 Å². The van der Waals surface area contributed by atoms with Crippen LogP contribution in [0.25, 0.3) is 0 Å². The third-order valence-corrected chi connectivity index (χ3v) is 13.4. The molecule has 0 aromatic carbocycles. The molecular formula is C59H114O6. The second-order valence-corrected chi connectivity index (χ2v) is 21.7. The standard InChI is InChI=1S/C59H114O6/c1-53(2)45-39-33-27-22-18-14-10-7-8-12-16-20-24-30-36-42-48-57(60)63-51-56(52-64-58(61)49-43-37-32-26-29-35-41-47-55(5)6)65-59(62)50-44-38-31-25-21-17-13-9-11-15-19-23-28-34-40-46-54(3)4/h53-56H,7-52H2,1-6H3/t56-/m1/s1. The minimum absolute atomic E-state index is 0.0639. The van der Waals surface area contributed by atoms with E-state index in [4.69, 9.17) is 14.2 Å². The van der Waals surface area contributed by atoms with Crippen molar-refractivity contribution >= 4 is 17.9 Å². The Morgan fingerprint density at radius 1 is 0.262 bits per heavy atom. The van der Waals surface area contributed by atoms with Gasteiger partial charge in [-0.3, -0.25) is 14.4 Å². The van der Waals surface area contributed by atoms with Crippen LogP contribution in [0.15, 0.2) is 0 Å². The van der Waals surface area contributed by atoms with Gasteiger partial charge in [0.15, 0.2) is 6.10 Å². The molecule has 0 unspecified atom stereocenters. The van der Waals surface area contributed by atoms with Gasteiger partial charge in [-0.25, -0.2) is 0 Å². The van der Waals surface area contributed by atoms with Crippen LogP contribution in [0.2, 0.25) is 0 Å². The minimum Gasteiger partial charge on any atom is -0.462 e. The Balaban J connectivity index is 4.23. The van der Waals surface area contributed by atoms with E-state index < -0.39 is 6.10 Å². The molecule has 0 saturated carbocycles. The molecule has 0 radical (unpaired) electrons. The van der Waals surface area contributed by atoms with Gasteiger partial charge in [-0.1, -0.05) is 286 Å². The highest BCUT2D eigenvalue weighted by atomic mass is 16.6. The van der Waals surface area contributed by atoms with Gasteiger partial charge >= 0.3 is 17.9 Å². The summed E-state index contributed by atoms with van der Waals surface area (Å²) in [5, 5.41) is 0. The number of hydrogen-bond acceptors (Lipinski definition) is 6. The Hall–Kier alpha value is -1.59. The van der Waals surface area contributed by atoms with E-state index in [0.29, 0.717) is 19.3 Å². The van der Waals surface area contributed by atoms with Gasteiger partial charge in [-0.2, -0.15) is 0 Å². The molecule has 0 saturated heterocycles. The topological polar surface area (TPSA) is 78.9 Å². The van der Waals surface area contributed by atoms with E-state index in [1.165, 1.54) is 205 Å². The molecule has 0 aromatic heterocycles. The van der Waals surface area contributed by atoms with Crippen LogP contribution in [0.1, 0.15) is 324 Å². The van der Waals surface area contributed by atoms with Crippen molar-refractivity contribution in [3.8, 4) is 0 Å². The van der Waals surface area contributed by atoms with Crippen molar-refractivity contribution in [2.45, 2.75) is 330 Å². The number of ether oxygens (including phenoxy) is 3. The first-order valence-corrected chi connectivity index (χ1v) is 29.1. The monoisotopic (exact) mass is 919 g/mol. The summed E-state index contributed by atoms with van der Waals surface area (Å²) in [6, 6.07) is 0. The maximum atomic E-state index is 12.8. The van der Waals surface area contributed by atoms with E-state index in [0.717, 1.165) is 75.5 Å². The van der Waals surface area contributed by atoms with E-state index in [1.54, 1.807) is 0 Å². The molecule has 6 heteroatoms. The van der Waals surface area contributed by atoms with Crippen LogP contribution in [-0.4, -0.2) is 37.2 Å². The van der Waals surface area contributed by atoms with Gasteiger partial charge in [-0.15, -0.1) is 0 Å². The Bertz CT molecular complexity index is 1010. The Morgan fingerprint density at radius 3 is 0.662 bits per heavy atom. The van der Waals surface area contributed by atoms with E-state index in [1.807, 2.05) is 0 Å². The summed E-state index contributed by atoms with van der Waals surface area (Å²) in [6.45, 7) is 13.7. The third kappa shape index (κ3) is 53.2. The molecule has 0 rings (SSSR count). The van der Waals surface area contributed by atoms with Crippen molar-refractivity contribution in [2.75, 3.05) is 13.2 Å². The highest BCUT2D eigenvalue weighted by molar-refractivity contribution is 5.71. The van der Waals surface area contributed by atoms with Crippen molar-refractivity contribution < 1.29 is 28.6 Å². The average Bonchev–Trinajstić information content (AvgIpc) is 3.26. The fraction of sp³-hybridized carbons (Fsp3) is 0.949. The van der Waals surface area contributed by atoms with Crippen molar-refractivity contribution in [1.29, 1.82) is 0 Å². The van der Waals surface area contributed by atoms with Crippen LogP contribution >= 0.6 is 0 Å². The Morgan fingerprint density at radius 2 is 0.446 bits per heavy atom. The number of carbonyl (C=O) groups is 3. The molecule has 0 spiro atoms. The first-order valence-electron chi connectivity index (χ1n) is 29.1. The van der Waals surface area contributed by atoms with Crippen LogP contribution in [-0.2, 0) is 28.6 Å². The largest absolute Gasteiger partial charge is 0.462 e. The molecule has 65 heavy (non-hydrogen) atoms. The number of esters is 3. The molecule has 386 valence electrons. The zero-order chi connectivity index (χ0) is 47.7.